The molecule has 0 N–H and O–H groups in total. The molecule has 0 bridgehead atoms. The minimum Gasteiger partial charge on any atom is -0.465 e. The van der Waals surface area contributed by atoms with Crippen molar-refractivity contribution in [1.82, 2.24) is 4.98 Å². The average molecular weight is 209 g/mol. The van der Waals surface area contributed by atoms with E-state index < -0.39 is 0 Å². The highest BCUT2D eigenvalue weighted by Crippen LogP contribution is 2.19. The minimum atomic E-state index is -0.349. The van der Waals surface area contributed by atoms with Gasteiger partial charge in [0, 0.05) is 17.3 Å². The number of pyridine rings is 1. The van der Waals surface area contributed by atoms with Crippen molar-refractivity contribution >= 4 is 5.97 Å². The van der Waals surface area contributed by atoms with Crippen LogP contribution in [0.1, 0.15) is 44.2 Å². The van der Waals surface area contributed by atoms with Crippen LogP contribution in [0.2, 0.25) is 0 Å². The molecule has 3 heteroatoms. The fourth-order valence-electron chi connectivity index (χ4n) is 1.08. The Morgan fingerprint density at radius 1 is 1.33 bits per heavy atom. The van der Waals surface area contributed by atoms with Gasteiger partial charge in [0.2, 0.25) is 0 Å². The smallest absolute Gasteiger partial charge is 0.339 e. The molecule has 0 spiro atoms. The van der Waals surface area contributed by atoms with E-state index in [9.17, 15) is 4.79 Å². The first kappa shape index (κ1) is 13.6. The van der Waals surface area contributed by atoms with E-state index in [1.807, 2.05) is 6.07 Å². The molecule has 0 fully saturated rings. The number of hydrogen-bond acceptors (Lipinski definition) is 3. The SMILES string of the molecule is C.COC(=O)c1ccc(C(C)(C)C)nc1. The normalized spacial score (nSPS) is 10.4. The highest BCUT2D eigenvalue weighted by Gasteiger charge is 2.15. The molecule has 3 nitrogen and oxygen atoms in total. The van der Waals surface area contributed by atoms with Crippen molar-refractivity contribution in [3.8, 4) is 0 Å². The first-order valence-corrected chi connectivity index (χ1v) is 4.50. The van der Waals surface area contributed by atoms with E-state index in [-0.39, 0.29) is 18.8 Å². The Morgan fingerprint density at radius 3 is 2.27 bits per heavy atom. The quantitative estimate of drug-likeness (QED) is 0.668. The zero-order valence-electron chi connectivity index (χ0n) is 9.00. The number of rotatable bonds is 1. The molecule has 1 aromatic heterocycles. The standard InChI is InChI=1S/C11H15NO2.CH4/c1-11(2,3)9-6-5-8(7-12-9)10(13)14-4;/h5-7H,1-4H3;1H4. The fraction of sp³-hybridized carbons (Fsp3) is 0.500. The molecule has 0 aliphatic heterocycles. The molecule has 84 valence electrons. The summed E-state index contributed by atoms with van der Waals surface area (Å²) in [6, 6.07) is 3.59. The molecule has 1 aromatic rings. The molecular formula is C12H19NO2. The highest BCUT2D eigenvalue weighted by molar-refractivity contribution is 5.88. The van der Waals surface area contributed by atoms with Crippen molar-refractivity contribution in [1.29, 1.82) is 0 Å². The maximum atomic E-state index is 11.1. The summed E-state index contributed by atoms with van der Waals surface area (Å²) in [5.41, 5.74) is 1.46. The predicted molar refractivity (Wildman–Crippen MR) is 61.0 cm³/mol. The summed E-state index contributed by atoms with van der Waals surface area (Å²) < 4.78 is 4.58. The van der Waals surface area contributed by atoms with Gasteiger partial charge in [0.05, 0.1) is 12.7 Å². The van der Waals surface area contributed by atoms with Gasteiger partial charge in [-0.2, -0.15) is 0 Å². The van der Waals surface area contributed by atoms with Crippen molar-refractivity contribution in [2.45, 2.75) is 33.6 Å². The van der Waals surface area contributed by atoms with Crippen LogP contribution in [0, 0.1) is 0 Å². The lowest BCUT2D eigenvalue weighted by molar-refractivity contribution is 0.0600. The van der Waals surface area contributed by atoms with Gasteiger partial charge >= 0.3 is 5.97 Å². The van der Waals surface area contributed by atoms with E-state index in [0.717, 1.165) is 5.69 Å². The van der Waals surface area contributed by atoms with Crippen LogP contribution in [0.15, 0.2) is 18.3 Å². The fourth-order valence-corrected chi connectivity index (χ4v) is 1.08. The van der Waals surface area contributed by atoms with Crippen molar-refractivity contribution < 1.29 is 9.53 Å². The van der Waals surface area contributed by atoms with E-state index in [1.54, 1.807) is 12.3 Å². The minimum absolute atomic E-state index is 0. The number of esters is 1. The first-order chi connectivity index (χ1) is 6.45. The van der Waals surface area contributed by atoms with E-state index in [0.29, 0.717) is 5.56 Å². The van der Waals surface area contributed by atoms with Crippen LogP contribution in [-0.2, 0) is 10.2 Å². The monoisotopic (exact) mass is 209 g/mol. The van der Waals surface area contributed by atoms with E-state index >= 15 is 0 Å². The average Bonchev–Trinajstić information content (AvgIpc) is 2.15. The van der Waals surface area contributed by atoms with Gasteiger partial charge in [-0.1, -0.05) is 28.2 Å². The second-order valence-electron chi connectivity index (χ2n) is 4.17. The summed E-state index contributed by atoms with van der Waals surface area (Å²) in [6.07, 6.45) is 1.55. The van der Waals surface area contributed by atoms with E-state index in [2.05, 4.69) is 30.5 Å². The maximum Gasteiger partial charge on any atom is 0.339 e. The van der Waals surface area contributed by atoms with Gasteiger partial charge in [0.15, 0.2) is 0 Å². The Morgan fingerprint density at radius 2 is 1.93 bits per heavy atom. The lowest BCUT2D eigenvalue weighted by Crippen LogP contribution is -2.14. The maximum absolute atomic E-state index is 11.1. The van der Waals surface area contributed by atoms with Gasteiger partial charge in [-0.25, -0.2) is 4.79 Å². The molecular weight excluding hydrogens is 190 g/mol. The molecule has 0 radical (unpaired) electrons. The third-order valence-electron chi connectivity index (χ3n) is 1.95. The summed E-state index contributed by atoms with van der Waals surface area (Å²) in [5.74, 6) is -0.349. The predicted octanol–water partition coefficient (Wildman–Crippen LogP) is 2.80. The molecule has 0 atom stereocenters. The van der Waals surface area contributed by atoms with Crippen LogP contribution in [0.3, 0.4) is 0 Å². The molecule has 0 saturated heterocycles. The molecule has 0 amide bonds. The number of carbonyl (C=O) groups excluding carboxylic acids is 1. The number of nitrogens with zero attached hydrogens (tertiary/aromatic N) is 1. The van der Waals surface area contributed by atoms with Gasteiger partial charge in [-0.15, -0.1) is 0 Å². The highest BCUT2D eigenvalue weighted by atomic mass is 16.5. The zero-order chi connectivity index (χ0) is 10.8. The Kier molecular flexibility index (Phi) is 4.46. The summed E-state index contributed by atoms with van der Waals surface area (Å²) in [5, 5.41) is 0. The molecule has 1 heterocycles. The summed E-state index contributed by atoms with van der Waals surface area (Å²) in [4.78, 5) is 15.3. The second-order valence-corrected chi connectivity index (χ2v) is 4.17. The third-order valence-corrected chi connectivity index (χ3v) is 1.95. The van der Waals surface area contributed by atoms with Gasteiger partial charge in [0.25, 0.3) is 0 Å². The van der Waals surface area contributed by atoms with Crippen LogP contribution in [0.5, 0.6) is 0 Å². The molecule has 0 aliphatic carbocycles. The number of hydrogen-bond donors (Lipinski definition) is 0. The van der Waals surface area contributed by atoms with Gasteiger partial charge in [-0.05, 0) is 12.1 Å². The van der Waals surface area contributed by atoms with Crippen LogP contribution < -0.4 is 0 Å². The van der Waals surface area contributed by atoms with Crippen LogP contribution in [-0.4, -0.2) is 18.1 Å². The van der Waals surface area contributed by atoms with Crippen molar-refractivity contribution in [2.24, 2.45) is 0 Å². The molecule has 1 rings (SSSR count). The van der Waals surface area contributed by atoms with Gasteiger partial charge in [-0.3, -0.25) is 4.98 Å². The summed E-state index contributed by atoms with van der Waals surface area (Å²) >= 11 is 0. The zero-order valence-corrected chi connectivity index (χ0v) is 9.00. The number of aromatic nitrogens is 1. The first-order valence-electron chi connectivity index (χ1n) is 4.50. The van der Waals surface area contributed by atoms with E-state index in [4.69, 9.17) is 0 Å². The van der Waals surface area contributed by atoms with Crippen LogP contribution >= 0.6 is 0 Å². The number of ether oxygens (including phenoxy) is 1. The second kappa shape index (κ2) is 4.91. The Labute approximate surface area is 91.5 Å². The van der Waals surface area contributed by atoms with Crippen LogP contribution in [0.4, 0.5) is 0 Å². The molecule has 0 unspecified atom stereocenters. The Bertz CT molecular complexity index is 322. The van der Waals surface area contributed by atoms with Gasteiger partial charge in [0.1, 0.15) is 0 Å². The van der Waals surface area contributed by atoms with Crippen molar-refractivity contribution in [3.05, 3.63) is 29.6 Å². The molecule has 0 aromatic carbocycles. The third kappa shape index (κ3) is 3.35. The Hall–Kier alpha value is -1.38. The largest absolute Gasteiger partial charge is 0.465 e. The summed E-state index contributed by atoms with van der Waals surface area (Å²) in [6.45, 7) is 6.23. The van der Waals surface area contributed by atoms with E-state index in [1.165, 1.54) is 7.11 Å². The van der Waals surface area contributed by atoms with Crippen LogP contribution in [0.25, 0.3) is 0 Å². The number of carbonyl (C=O) groups is 1. The topological polar surface area (TPSA) is 39.2 Å². The lowest BCUT2D eigenvalue weighted by Gasteiger charge is -2.17. The van der Waals surface area contributed by atoms with Gasteiger partial charge < -0.3 is 4.74 Å². The molecule has 0 saturated carbocycles. The Balaban J connectivity index is 0.00000196. The van der Waals surface area contributed by atoms with Crippen molar-refractivity contribution in [3.63, 3.8) is 0 Å². The summed E-state index contributed by atoms with van der Waals surface area (Å²) in [7, 11) is 1.36. The molecule has 0 aliphatic rings. The lowest BCUT2D eigenvalue weighted by atomic mass is 9.91. The number of methoxy groups -OCH3 is 1. The van der Waals surface area contributed by atoms with Crippen molar-refractivity contribution in [2.75, 3.05) is 7.11 Å². The molecule has 15 heavy (non-hydrogen) atoms.